The highest BCUT2D eigenvalue weighted by Crippen LogP contribution is 2.16. The zero-order chi connectivity index (χ0) is 15.8. The third-order valence-electron chi connectivity index (χ3n) is 2.58. The standard InChI is InChI=1S/C11H7Cl2FN2O4S/c12-7-2-1-6(3-8(7)14)4-16-5-9(21(13,19)20)10(17)15-11(16)18/h1-3,5H,4H2,(H,15,17,18). The summed E-state index contributed by atoms with van der Waals surface area (Å²) in [5.74, 6) is -0.683. The lowest BCUT2D eigenvalue weighted by molar-refractivity contribution is 0.601. The summed E-state index contributed by atoms with van der Waals surface area (Å²) in [4.78, 5) is 24.1. The lowest BCUT2D eigenvalue weighted by Crippen LogP contribution is -2.32. The van der Waals surface area contributed by atoms with Crippen LogP contribution in [0.15, 0.2) is 38.9 Å². The van der Waals surface area contributed by atoms with E-state index in [9.17, 15) is 22.4 Å². The maximum atomic E-state index is 13.3. The topological polar surface area (TPSA) is 89.0 Å². The van der Waals surface area contributed by atoms with Crippen molar-refractivity contribution in [2.45, 2.75) is 11.4 Å². The summed E-state index contributed by atoms with van der Waals surface area (Å²) in [5, 5.41) is -0.0865. The molecule has 0 atom stereocenters. The molecule has 0 unspecified atom stereocenters. The Morgan fingerprint density at radius 3 is 2.52 bits per heavy atom. The summed E-state index contributed by atoms with van der Waals surface area (Å²) >= 11 is 5.53. The van der Waals surface area contributed by atoms with Crippen molar-refractivity contribution in [3.8, 4) is 0 Å². The molecule has 2 rings (SSSR count). The number of hydrogen-bond donors (Lipinski definition) is 1. The fraction of sp³-hybridized carbons (Fsp3) is 0.0909. The zero-order valence-corrected chi connectivity index (χ0v) is 12.5. The largest absolute Gasteiger partial charge is 0.328 e. The number of benzene rings is 1. The lowest BCUT2D eigenvalue weighted by atomic mass is 10.2. The molecule has 0 saturated carbocycles. The van der Waals surface area contributed by atoms with Crippen LogP contribution in [0.4, 0.5) is 4.39 Å². The van der Waals surface area contributed by atoms with Gasteiger partial charge in [0.2, 0.25) is 0 Å². The van der Waals surface area contributed by atoms with Crippen molar-refractivity contribution in [1.29, 1.82) is 0 Å². The smallest absolute Gasteiger partial charge is 0.295 e. The van der Waals surface area contributed by atoms with Crippen LogP contribution in [0, 0.1) is 5.82 Å². The number of nitrogens with zero attached hydrogens (tertiary/aromatic N) is 1. The molecule has 0 amide bonds. The molecule has 10 heteroatoms. The number of H-pyrrole nitrogens is 1. The second-order valence-corrected chi connectivity index (χ2v) is 7.01. The highest BCUT2D eigenvalue weighted by molar-refractivity contribution is 8.13. The fourth-order valence-electron chi connectivity index (χ4n) is 1.62. The molecule has 0 bridgehead atoms. The summed E-state index contributed by atoms with van der Waals surface area (Å²) in [5.41, 5.74) is -1.61. The molecule has 1 aromatic heterocycles. The summed E-state index contributed by atoms with van der Waals surface area (Å²) < 4.78 is 36.7. The molecule has 0 aliphatic heterocycles. The summed E-state index contributed by atoms with van der Waals surface area (Å²) in [6.45, 7) is -0.164. The minimum Gasteiger partial charge on any atom is -0.295 e. The van der Waals surface area contributed by atoms with Gasteiger partial charge in [0, 0.05) is 16.9 Å². The summed E-state index contributed by atoms with van der Waals surface area (Å²) in [7, 11) is 0.790. The van der Waals surface area contributed by atoms with Crippen molar-refractivity contribution in [2.75, 3.05) is 0 Å². The van der Waals surface area contributed by atoms with Gasteiger partial charge in [-0.2, -0.15) is 0 Å². The van der Waals surface area contributed by atoms with E-state index >= 15 is 0 Å². The lowest BCUT2D eigenvalue weighted by Gasteiger charge is -2.07. The van der Waals surface area contributed by atoms with Gasteiger partial charge < -0.3 is 0 Å². The molecular weight excluding hydrogens is 346 g/mol. The first kappa shape index (κ1) is 15.7. The van der Waals surface area contributed by atoms with Crippen molar-refractivity contribution in [3.05, 3.63) is 61.6 Å². The molecule has 21 heavy (non-hydrogen) atoms. The van der Waals surface area contributed by atoms with E-state index in [1.54, 1.807) is 0 Å². The summed E-state index contributed by atoms with van der Waals surface area (Å²) in [6.07, 6.45) is 0.802. The molecule has 0 aliphatic rings. The van der Waals surface area contributed by atoms with Crippen LogP contribution in [-0.2, 0) is 15.6 Å². The minimum atomic E-state index is -4.31. The quantitative estimate of drug-likeness (QED) is 0.843. The number of halogens is 3. The maximum Gasteiger partial charge on any atom is 0.328 e. The first-order valence-corrected chi connectivity index (χ1v) is 8.09. The predicted molar refractivity (Wildman–Crippen MR) is 74.9 cm³/mol. The predicted octanol–water partition coefficient (Wildman–Crippen LogP) is 1.30. The van der Waals surface area contributed by atoms with Crippen LogP contribution in [0.5, 0.6) is 0 Å². The van der Waals surface area contributed by atoms with Gasteiger partial charge in [-0.05, 0) is 17.7 Å². The van der Waals surface area contributed by atoms with E-state index in [0.29, 0.717) is 5.56 Å². The van der Waals surface area contributed by atoms with Crippen LogP contribution < -0.4 is 11.2 Å². The van der Waals surface area contributed by atoms with Crippen molar-refractivity contribution in [3.63, 3.8) is 0 Å². The molecule has 0 aliphatic carbocycles. The Hall–Kier alpha value is -1.64. The third kappa shape index (κ3) is 3.52. The van der Waals surface area contributed by atoms with E-state index < -0.39 is 31.0 Å². The molecule has 112 valence electrons. The Morgan fingerprint density at radius 2 is 1.95 bits per heavy atom. The van der Waals surface area contributed by atoms with Gasteiger partial charge in [-0.3, -0.25) is 14.3 Å². The van der Waals surface area contributed by atoms with E-state index in [0.717, 1.165) is 16.8 Å². The molecule has 2 aromatic rings. The highest BCUT2D eigenvalue weighted by Gasteiger charge is 2.17. The van der Waals surface area contributed by atoms with E-state index in [1.165, 1.54) is 12.1 Å². The molecular formula is C11H7Cl2FN2O4S. The van der Waals surface area contributed by atoms with Gasteiger partial charge in [0.25, 0.3) is 14.6 Å². The Kier molecular flexibility index (Phi) is 4.22. The van der Waals surface area contributed by atoms with Crippen LogP contribution >= 0.6 is 22.3 Å². The fourth-order valence-corrected chi connectivity index (χ4v) is 2.59. The Balaban J connectivity index is 2.52. The van der Waals surface area contributed by atoms with Gasteiger partial charge in [0.15, 0.2) is 4.90 Å². The monoisotopic (exact) mass is 352 g/mol. The number of rotatable bonds is 3. The van der Waals surface area contributed by atoms with Gasteiger partial charge in [-0.15, -0.1) is 0 Å². The molecule has 0 radical (unpaired) electrons. The van der Waals surface area contributed by atoms with Crippen molar-refractivity contribution in [1.82, 2.24) is 9.55 Å². The molecule has 1 heterocycles. The van der Waals surface area contributed by atoms with E-state index in [2.05, 4.69) is 0 Å². The average Bonchev–Trinajstić information content (AvgIpc) is 2.35. The van der Waals surface area contributed by atoms with Crippen molar-refractivity contribution in [2.24, 2.45) is 0 Å². The SMILES string of the molecule is O=c1[nH]c(=O)n(Cc2ccc(Cl)c(F)c2)cc1S(=O)(=O)Cl. The third-order valence-corrected chi connectivity index (χ3v) is 4.20. The number of nitrogens with one attached hydrogen (secondary N) is 1. The van der Waals surface area contributed by atoms with Crippen LogP contribution in [0.1, 0.15) is 5.56 Å². The van der Waals surface area contributed by atoms with Gasteiger partial charge in [-0.1, -0.05) is 17.7 Å². The van der Waals surface area contributed by atoms with E-state index in [-0.39, 0.29) is 11.6 Å². The van der Waals surface area contributed by atoms with Gasteiger partial charge in [0.1, 0.15) is 5.82 Å². The molecule has 1 N–H and O–H groups in total. The molecule has 6 nitrogen and oxygen atoms in total. The van der Waals surface area contributed by atoms with Crippen LogP contribution in [0.3, 0.4) is 0 Å². The Labute approximate surface area is 127 Å². The first-order chi connectivity index (χ1) is 9.68. The van der Waals surface area contributed by atoms with Crippen molar-refractivity contribution >= 4 is 31.3 Å². The molecule has 0 fully saturated rings. The average molecular weight is 353 g/mol. The van der Waals surface area contributed by atoms with Gasteiger partial charge >= 0.3 is 5.69 Å². The zero-order valence-electron chi connectivity index (χ0n) is 10.1. The normalized spacial score (nSPS) is 11.6. The number of hydrogen-bond acceptors (Lipinski definition) is 4. The minimum absolute atomic E-state index is 0.0865. The maximum absolute atomic E-state index is 13.3. The molecule has 1 aromatic carbocycles. The number of aromatic amines is 1. The Bertz CT molecular complexity index is 921. The Morgan fingerprint density at radius 1 is 1.29 bits per heavy atom. The molecule has 0 saturated heterocycles. The second-order valence-electron chi connectivity index (χ2n) is 4.07. The second kappa shape index (κ2) is 5.63. The van der Waals surface area contributed by atoms with E-state index in [4.69, 9.17) is 22.3 Å². The first-order valence-electron chi connectivity index (χ1n) is 5.41. The van der Waals surface area contributed by atoms with Crippen LogP contribution in [-0.4, -0.2) is 18.0 Å². The van der Waals surface area contributed by atoms with E-state index in [1.807, 2.05) is 4.98 Å². The summed E-state index contributed by atoms with van der Waals surface area (Å²) in [6, 6.07) is 3.84. The molecule has 0 spiro atoms. The van der Waals surface area contributed by atoms with Crippen LogP contribution in [0.2, 0.25) is 5.02 Å². The van der Waals surface area contributed by atoms with Gasteiger partial charge in [-0.25, -0.2) is 17.6 Å². The van der Waals surface area contributed by atoms with Crippen LogP contribution in [0.25, 0.3) is 0 Å². The van der Waals surface area contributed by atoms with Crippen molar-refractivity contribution < 1.29 is 12.8 Å². The number of aromatic nitrogens is 2. The van der Waals surface area contributed by atoms with Gasteiger partial charge in [0.05, 0.1) is 11.6 Å². The highest BCUT2D eigenvalue weighted by atomic mass is 35.7.